The number of hydrogen-bond acceptors (Lipinski definition) is 6. The molecule has 5 nitrogen and oxygen atoms in total. The van der Waals surface area contributed by atoms with E-state index in [0.717, 1.165) is 35.0 Å². The van der Waals surface area contributed by atoms with E-state index >= 15 is 0 Å². The molecule has 0 bridgehead atoms. The number of fused-ring (bicyclic) bond motifs is 3. The van der Waals surface area contributed by atoms with Crippen molar-refractivity contribution in [2.45, 2.75) is 44.5 Å². The highest BCUT2D eigenvalue weighted by molar-refractivity contribution is 7.98. The van der Waals surface area contributed by atoms with Crippen LogP contribution in [0.2, 0.25) is 0 Å². The Hall–Kier alpha value is -2.12. The molecule has 7 heteroatoms. The minimum absolute atomic E-state index is 0.0257. The predicted molar refractivity (Wildman–Crippen MR) is 114 cm³/mol. The second-order valence-electron chi connectivity index (χ2n) is 6.85. The van der Waals surface area contributed by atoms with Crippen molar-refractivity contribution in [1.29, 1.82) is 0 Å². The Morgan fingerprint density at radius 1 is 1.21 bits per heavy atom. The Bertz CT molecular complexity index is 1030. The molecule has 0 spiro atoms. The Kier molecular flexibility index (Phi) is 6.12. The van der Waals surface area contributed by atoms with Crippen LogP contribution >= 0.6 is 23.1 Å². The summed E-state index contributed by atoms with van der Waals surface area (Å²) in [6, 6.07) is 9.65. The lowest BCUT2D eigenvalue weighted by atomic mass is 9.97. The Morgan fingerprint density at radius 3 is 2.89 bits per heavy atom. The maximum absolute atomic E-state index is 12.5. The summed E-state index contributed by atoms with van der Waals surface area (Å²) in [5.74, 6) is 1.69. The molecule has 4 rings (SSSR count). The van der Waals surface area contributed by atoms with Crippen LogP contribution in [0.4, 0.5) is 0 Å². The first-order valence-electron chi connectivity index (χ1n) is 9.51. The molecule has 0 unspecified atom stereocenters. The van der Waals surface area contributed by atoms with Gasteiger partial charge in [-0.3, -0.25) is 9.59 Å². The second kappa shape index (κ2) is 8.92. The summed E-state index contributed by atoms with van der Waals surface area (Å²) in [7, 11) is 0. The number of aromatic nitrogens is 2. The molecule has 28 heavy (non-hydrogen) atoms. The number of carbonyl (C=O) groups excluding carboxylic acids is 1. The van der Waals surface area contributed by atoms with Crippen LogP contribution in [0.1, 0.15) is 41.1 Å². The van der Waals surface area contributed by atoms with Crippen molar-refractivity contribution < 1.29 is 9.53 Å². The van der Waals surface area contributed by atoms with Gasteiger partial charge in [-0.25, -0.2) is 4.98 Å². The summed E-state index contributed by atoms with van der Waals surface area (Å²) in [5.41, 5.74) is 2.17. The second-order valence-corrected chi connectivity index (χ2v) is 9.04. The van der Waals surface area contributed by atoms with Crippen molar-refractivity contribution >= 4 is 39.3 Å². The fourth-order valence-electron chi connectivity index (χ4n) is 3.41. The van der Waals surface area contributed by atoms with Crippen LogP contribution in [0.15, 0.2) is 35.1 Å². The van der Waals surface area contributed by atoms with Gasteiger partial charge in [-0.15, -0.1) is 11.3 Å². The number of hydrogen-bond donors (Lipinski definition) is 1. The number of nitrogens with one attached hydrogen (secondary N) is 1. The highest BCUT2D eigenvalue weighted by atomic mass is 32.2. The minimum Gasteiger partial charge on any atom is -0.461 e. The van der Waals surface area contributed by atoms with Crippen LogP contribution in [-0.2, 0) is 34.7 Å². The maximum Gasteiger partial charge on any atom is 0.306 e. The van der Waals surface area contributed by atoms with E-state index in [1.807, 2.05) is 30.3 Å². The lowest BCUT2D eigenvalue weighted by Crippen LogP contribution is -2.12. The molecule has 0 atom stereocenters. The molecule has 1 aliphatic carbocycles. The van der Waals surface area contributed by atoms with Crippen molar-refractivity contribution in [3.8, 4) is 0 Å². The number of benzene rings is 1. The van der Waals surface area contributed by atoms with Crippen molar-refractivity contribution in [2.24, 2.45) is 0 Å². The largest absolute Gasteiger partial charge is 0.461 e. The number of nitrogens with zero attached hydrogens (tertiary/aromatic N) is 1. The van der Waals surface area contributed by atoms with Crippen molar-refractivity contribution in [3.63, 3.8) is 0 Å². The minimum atomic E-state index is -0.209. The van der Waals surface area contributed by atoms with Gasteiger partial charge in [0.15, 0.2) is 0 Å². The monoisotopic (exact) mass is 414 g/mol. The zero-order valence-corrected chi connectivity index (χ0v) is 17.2. The first-order chi connectivity index (χ1) is 13.7. The molecule has 3 aromatic rings. The Balaban J connectivity index is 1.28. The topological polar surface area (TPSA) is 72.0 Å². The van der Waals surface area contributed by atoms with E-state index < -0.39 is 0 Å². The van der Waals surface area contributed by atoms with Crippen LogP contribution in [0.5, 0.6) is 0 Å². The fourth-order valence-corrected chi connectivity index (χ4v) is 5.48. The van der Waals surface area contributed by atoms with Gasteiger partial charge in [0.25, 0.3) is 5.56 Å². The first-order valence-corrected chi connectivity index (χ1v) is 11.5. The van der Waals surface area contributed by atoms with E-state index in [0.29, 0.717) is 30.4 Å². The zero-order valence-electron chi connectivity index (χ0n) is 15.5. The highest BCUT2D eigenvalue weighted by Crippen LogP contribution is 2.33. The molecule has 0 radical (unpaired) electrons. The van der Waals surface area contributed by atoms with Crippen LogP contribution in [-0.4, -0.2) is 21.7 Å². The average molecular weight is 415 g/mol. The molecule has 0 fully saturated rings. The molecule has 1 N–H and O–H groups in total. The summed E-state index contributed by atoms with van der Waals surface area (Å²) in [6.07, 6.45) is 4.73. The summed E-state index contributed by atoms with van der Waals surface area (Å²) in [4.78, 5) is 34.1. The van der Waals surface area contributed by atoms with Gasteiger partial charge in [0.1, 0.15) is 17.3 Å². The third kappa shape index (κ3) is 4.47. The van der Waals surface area contributed by atoms with Gasteiger partial charge in [0.05, 0.1) is 17.6 Å². The lowest BCUT2D eigenvalue weighted by Gasteiger charge is -2.09. The zero-order chi connectivity index (χ0) is 19.3. The number of ether oxygens (including phenoxy) is 1. The van der Waals surface area contributed by atoms with E-state index in [1.165, 1.54) is 16.9 Å². The number of carbonyl (C=O) groups is 1. The SMILES string of the molecule is O=C(CCSCc1nc2sc3c(c2c(=O)[nH]1)CCCC3)OCc1ccccc1. The fraction of sp³-hybridized carbons (Fsp3) is 0.381. The van der Waals surface area contributed by atoms with Gasteiger partial charge in [-0.2, -0.15) is 11.8 Å². The number of esters is 1. The van der Waals surface area contributed by atoms with Crippen LogP contribution in [0.25, 0.3) is 10.2 Å². The van der Waals surface area contributed by atoms with Gasteiger partial charge in [-0.1, -0.05) is 30.3 Å². The van der Waals surface area contributed by atoms with Crippen LogP contribution in [0.3, 0.4) is 0 Å². The molecular weight excluding hydrogens is 392 g/mol. The molecule has 0 saturated heterocycles. The summed E-state index contributed by atoms with van der Waals surface area (Å²) in [5, 5.41) is 0.790. The first kappa shape index (κ1) is 19.2. The standard InChI is InChI=1S/C21H22N2O3S2/c24-18(26-12-14-6-2-1-3-7-14)10-11-27-13-17-22-20(25)19-15-8-4-5-9-16(15)28-21(19)23-17/h1-3,6-7H,4-5,8-13H2,(H,22,23,25). The third-order valence-electron chi connectivity index (χ3n) is 4.81. The average Bonchev–Trinajstić information content (AvgIpc) is 3.09. The number of thiophene rings is 1. The number of rotatable bonds is 7. The van der Waals surface area contributed by atoms with E-state index in [2.05, 4.69) is 9.97 Å². The van der Waals surface area contributed by atoms with Gasteiger partial charge in [-0.05, 0) is 36.8 Å². The summed E-state index contributed by atoms with van der Waals surface area (Å²) in [6.45, 7) is 0.304. The number of aromatic amines is 1. The molecule has 1 aliphatic rings. The molecule has 0 saturated carbocycles. The maximum atomic E-state index is 12.5. The molecular formula is C21H22N2O3S2. The lowest BCUT2D eigenvalue weighted by molar-refractivity contribution is -0.144. The Labute approximate surface area is 171 Å². The molecule has 1 aromatic carbocycles. The van der Waals surface area contributed by atoms with E-state index in [9.17, 15) is 9.59 Å². The van der Waals surface area contributed by atoms with Gasteiger partial charge < -0.3 is 9.72 Å². The smallest absolute Gasteiger partial charge is 0.306 e. The molecule has 146 valence electrons. The van der Waals surface area contributed by atoms with Crippen LogP contribution in [0, 0.1) is 0 Å². The molecule has 0 amide bonds. The van der Waals surface area contributed by atoms with Gasteiger partial charge in [0, 0.05) is 10.6 Å². The molecule has 0 aliphatic heterocycles. The van der Waals surface area contributed by atoms with Gasteiger partial charge >= 0.3 is 5.97 Å². The quantitative estimate of drug-likeness (QED) is 0.463. The van der Waals surface area contributed by atoms with Crippen molar-refractivity contribution in [1.82, 2.24) is 9.97 Å². The molecule has 2 heterocycles. The number of aryl methyl sites for hydroxylation is 2. The van der Waals surface area contributed by atoms with E-state index in [4.69, 9.17) is 4.74 Å². The van der Waals surface area contributed by atoms with Crippen molar-refractivity contribution in [2.75, 3.05) is 5.75 Å². The predicted octanol–water partition coefficient (Wildman–Crippen LogP) is 4.23. The summed E-state index contributed by atoms with van der Waals surface area (Å²) >= 11 is 3.24. The summed E-state index contributed by atoms with van der Waals surface area (Å²) < 4.78 is 5.28. The third-order valence-corrected chi connectivity index (χ3v) is 6.96. The van der Waals surface area contributed by atoms with E-state index in [-0.39, 0.29) is 11.5 Å². The Morgan fingerprint density at radius 2 is 2.04 bits per heavy atom. The van der Waals surface area contributed by atoms with Crippen molar-refractivity contribution in [3.05, 3.63) is 62.5 Å². The van der Waals surface area contributed by atoms with E-state index in [1.54, 1.807) is 23.1 Å². The highest BCUT2D eigenvalue weighted by Gasteiger charge is 2.19. The normalized spacial score (nSPS) is 13.4. The van der Waals surface area contributed by atoms with Gasteiger partial charge in [0.2, 0.25) is 0 Å². The van der Waals surface area contributed by atoms with Crippen LogP contribution < -0.4 is 5.56 Å². The molecule has 2 aromatic heterocycles. The number of H-pyrrole nitrogens is 1. The number of thioether (sulfide) groups is 1.